The van der Waals surface area contributed by atoms with Crippen molar-refractivity contribution < 1.29 is 4.79 Å². The standard InChI is InChI=1S/C22H29N3O2S/c1-15-13-16(2)24-22(27)20(15)14-23-21(26)17-9-11-19(12-10-17)28-25(3)18-7-5-4-6-8-18/h9-13,18H,4-8,14H2,1-3H3,(H,23,26)(H,24,27). The van der Waals surface area contributed by atoms with Gasteiger partial charge in [0.15, 0.2) is 0 Å². The summed E-state index contributed by atoms with van der Waals surface area (Å²) in [6.07, 6.45) is 6.52. The van der Waals surface area contributed by atoms with E-state index in [1.807, 2.05) is 44.2 Å². The van der Waals surface area contributed by atoms with Crippen molar-refractivity contribution in [1.29, 1.82) is 0 Å². The Hall–Kier alpha value is -2.05. The summed E-state index contributed by atoms with van der Waals surface area (Å²) in [5, 5.41) is 2.85. The quantitative estimate of drug-likeness (QED) is 0.715. The summed E-state index contributed by atoms with van der Waals surface area (Å²) in [6.45, 7) is 3.96. The second-order valence-corrected chi connectivity index (χ2v) is 8.81. The van der Waals surface area contributed by atoms with Crippen LogP contribution >= 0.6 is 11.9 Å². The average Bonchev–Trinajstić information content (AvgIpc) is 2.68. The first-order valence-electron chi connectivity index (χ1n) is 9.92. The lowest BCUT2D eigenvalue weighted by atomic mass is 9.96. The highest BCUT2D eigenvalue weighted by atomic mass is 32.2. The molecule has 2 aromatic rings. The van der Waals surface area contributed by atoms with E-state index in [2.05, 4.69) is 21.7 Å². The number of aromatic amines is 1. The van der Waals surface area contributed by atoms with Crippen LogP contribution in [0.25, 0.3) is 0 Å². The van der Waals surface area contributed by atoms with Crippen molar-refractivity contribution in [2.45, 2.75) is 63.4 Å². The van der Waals surface area contributed by atoms with Crippen LogP contribution in [0, 0.1) is 13.8 Å². The summed E-state index contributed by atoms with van der Waals surface area (Å²) in [7, 11) is 2.16. The lowest BCUT2D eigenvalue weighted by molar-refractivity contribution is 0.0950. The van der Waals surface area contributed by atoms with Gasteiger partial charge in [-0.1, -0.05) is 19.3 Å². The Bertz CT molecular complexity index is 870. The second kappa shape index (κ2) is 9.43. The molecule has 1 aromatic heterocycles. The minimum atomic E-state index is -0.170. The summed E-state index contributed by atoms with van der Waals surface area (Å²) >= 11 is 1.74. The molecule has 1 aromatic carbocycles. The number of H-pyrrole nitrogens is 1. The molecular weight excluding hydrogens is 370 g/mol. The summed E-state index contributed by atoms with van der Waals surface area (Å²) < 4.78 is 2.35. The third-order valence-electron chi connectivity index (χ3n) is 5.37. The van der Waals surface area contributed by atoms with Crippen molar-refractivity contribution >= 4 is 17.9 Å². The molecule has 5 nitrogen and oxygen atoms in total. The minimum Gasteiger partial charge on any atom is -0.348 e. The Morgan fingerprint density at radius 2 is 1.86 bits per heavy atom. The van der Waals surface area contributed by atoms with Crippen LogP contribution in [0.5, 0.6) is 0 Å². The topological polar surface area (TPSA) is 65.2 Å². The zero-order valence-electron chi connectivity index (χ0n) is 16.9. The van der Waals surface area contributed by atoms with E-state index in [0.29, 0.717) is 17.2 Å². The van der Waals surface area contributed by atoms with Gasteiger partial charge in [0.2, 0.25) is 0 Å². The van der Waals surface area contributed by atoms with E-state index in [1.54, 1.807) is 11.9 Å². The molecule has 1 aliphatic rings. The molecule has 0 saturated heterocycles. The second-order valence-electron chi connectivity index (χ2n) is 7.58. The van der Waals surface area contributed by atoms with Gasteiger partial charge >= 0.3 is 0 Å². The fourth-order valence-corrected chi connectivity index (χ4v) is 4.67. The first-order chi connectivity index (χ1) is 13.4. The van der Waals surface area contributed by atoms with Gasteiger partial charge in [-0.3, -0.25) is 9.59 Å². The maximum atomic E-state index is 12.4. The number of nitrogens with zero attached hydrogens (tertiary/aromatic N) is 1. The monoisotopic (exact) mass is 399 g/mol. The molecule has 3 rings (SSSR count). The number of benzene rings is 1. The molecule has 6 heteroatoms. The van der Waals surface area contributed by atoms with E-state index in [9.17, 15) is 9.59 Å². The molecule has 28 heavy (non-hydrogen) atoms. The molecule has 1 amide bonds. The summed E-state index contributed by atoms with van der Waals surface area (Å²) in [6, 6.07) is 10.2. The number of rotatable bonds is 6. The fraction of sp³-hybridized carbons (Fsp3) is 0.455. The highest BCUT2D eigenvalue weighted by Crippen LogP contribution is 2.30. The van der Waals surface area contributed by atoms with Crippen LogP contribution in [0.4, 0.5) is 0 Å². The van der Waals surface area contributed by atoms with Gasteiger partial charge in [-0.15, -0.1) is 0 Å². The van der Waals surface area contributed by atoms with Crippen molar-refractivity contribution in [2.75, 3.05) is 7.05 Å². The highest BCUT2D eigenvalue weighted by Gasteiger charge is 2.19. The van der Waals surface area contributed by atoms with E-state index >= 15 is 0 Å². The normalized spacial score (nSPS) is 15.0. The maximum absolute atomic E-state index is 12.4. The highest BCUT2D eigenvalue weighted by molar-refractivity contribution is 7.97. The SMILES string of the molecule is Cc1cc(C)c(CNC(=O)c2ccc(SN(C)C3CCCCC3)cc2)c(=O)[nH]1. The molecule has 1 aliphatic carbocycles. The van der Waals surface area contributed by atoms with Crippen molar-refractivity contribution in [1.82, 2.24) is 14.6 Å². The molecule has 0 unspecified atom stereocenters. The first-order valence-corrected chi connectivity index (χ1v) is 10.7. The van der Waals surface area contributed by atoms with Gasteiger partial charge in [-0.25, -0.2) is 4.31 Å². The fourth-order valence-electron chi connectivity index (χ4n) is 3.72. The lowest BCUT2D eigenvalue weighted by Crippen LogP contribution is -2.28. The number of aromatic nitrogens is 1. The van der Waals surface area contributed by atoms with Crippen LogP contribution in [0.3, 0.4) is 0 Å². The van der Waals surface area contributed by atoms with Crippen LogP contribution in [0.15, 0.2) is 40.0 Å². The Morgan fingerprint density at radius 1 is 1.18 bits per heavy atom. The lowest BCUT2D eigenvalue weighted by Gasteiger charge is -2.30. The van der Waals surface area contributed by atoms with Crippen LogP contribution in [0.1, 0.15) is 59.3 Å². The molecule has 2 N–H and O–H groups in total. The van der Waals surface area contributed by atoms with Crippen LogP contribution in [-0.2, 0) is 6.54 Å². The number of carbonyl (C=O) groups excluding carboxylic acids is 1. The predicted molar refractivity (Wildman–Crippen MR) is 115 cm³/mol. The number of pyridine rings is 1. The number of amides is 1. The van der Waals surface area contributed by atoms with Crippen molar-refractivity contribution in [3.8, 4) is 0 Å². The van der Waals surface area contributed by atoms with Crippen LogP contribution in [-0.4, -0.2) is 28.3 Å². The van der Waals surface area contributed by atoms with E-state index < -0.39 is 0 Å². The molecule has 1 heterocycles. The predicted octanol–water partition coefficient (Wildman–Crippen LogP) is 4.19. The van der Waals surface area contributed by atoms with Gasteiger partial charge in [0, 0.05) is 34.3 Å². The largest absolute Gasteiger partial charge is 0.348 e. The molecule has 150 valence electrons. The Kier molecular flexibility index (Phi) is 6.97. The van der Waals surface area contributed by atoms with Gasteiger partial charge in [0.05, 0.1) is 0 Å². The van der Waals surface area contributed by atoms with Crippen LogP contribution in [0.2, 0.25) is 0 Å². The third-order valence-corrected chi connectivity index (χ3v) is 6.44. The molecule has 1 saturated carbocycles. The molecule has 0 aliphatic heterocycles. The zero-order chi connectivity index (χ0) is 20.1. The Labute approximate surface area is 171 Å². The van der Waals surface area contributed by atoms with E-state index in [1.165, 1.54) is 32.1 Å². The molecule has 0 bridgehead atoms. The van der Waals surface area contributed by atoms with E-state index in [-0.39, 0.29) is 18.0 Å². The summed E-state index contributed by atoms with van der Waals surface area (Å²) in [4.78, 5) is 28.4. The van der Waals surface area contributed by atoms with Gasteiger partial charge < -0.3 is 10.3 Å². The van der Waals surface area contributed by atoms with Crippen molar-refractivity contribution in [3.63, 3.8) is 0 Å². The van der Waals surface area contributed by atoms with Gasteiger partial charge in [0.25, 0.3) is 11.5 Å². The Morgan fingerprint density at radius 3 is 2.50 bits per heavy atom. The van der Waals surface area contributed by atoms with E-state index in [0.717, 1.165) is 16.2 Å². The van der Waals surface area contributed by atoms with Crippen LogP contribution < -0.4 is 10.9 Å². The average molecular weight is 400 g/mol. The minimum absolute atomic E-state index is 0.143. The molecule has 0 spiro atoms. The third kappa shape index (κ3) is 5.26. The van der Waals surface area contributed by atoms with E-state index in [4.69, 9.17) is 0 Å². The molecule has 1 fully saturated rings. The van der Waals surface area contributed by atoms with Gasteiger partial charge in [0.1, 0.15) is 0 Å². The van der Waals surface area contributed by atoms with Crippen molar-refractivity contribution in [2.24, 2.45) is 0 Å². The number of hydrogen-bond acceptors (Lipinski definition) is 4. The maximum Gasteiger partial charge on any atom is 0.253 e. The molecular formula is C22H29N3O2S. The number of nitrogens with one attached hydrogen (secondary N) is 2. The summed E-state index contributed by atoms with van der Waals surface area (Å²) in [5.41, 5.74) is 2.77. The van der Waals surface area contributed by atoms with Crippen molar-refractivity contribution in [3.05, 3.63) is 63.1 Å². The summed E-state index contributed by atoms with van der Waals surface area (Å²) in [5.74, 6) is -0.170. The zero-order valence-corrected chi connectivity index (χ0v) is 17.7. The van der Waals surface area contributed by atoms with Gasteiger partial charge in [-0.05, 0) is 81.6 Å². The first kappa shape index (κ1) is 20.7. The smallest absolute Gasteiger partial charge is 0.253 e. The Balaban J connectivity index is 1.57. The molecule has 0 atom stereocenters. The number of aryl methyl sites for hydroxylation is 2. The van der Waals surface area contributed by atoms with Gasteiger partial charge in [-0.2, -0.15) is 0 Å². The number of carbonyl (C=O) groups is 1. The molecule has 0 radical (unpaired) electrons. The number of hydrogen-bond donors (Lipinski definition) is 2.